The second-order valence-corrected chi connectivity index (χ2v) is 3.35. The maximum absolute atomic E-state index is 12.6. The molecule has 0 aromatic heterocycles. The standard InChI is InChI=1S/C11H13F2NO2/c12-11(13,8-15)10(16)14-7-6-9-4-2-1-3-5-9/h1-5,15H,6-8H2,(H,14,16). The Kier molecular flexibility index (Phi) is 4.37. The molecule has 0 saturated carbocycles. The van der Waals surface area contributed by atoms with E-state index < -0.39 is 18.4 Å². The monoisotopic (exact) mass is 229 g/mol. The molecule has 0 saturated heterocycles. The second kappa shape index (κ2) is 5.55. The van der Waals surface area contributed by atoms with Crippen molar-refractivity contribution in [2.24, 2.45) is 0 Å². The number of hydrogen-bond donors (Lipinski definition) is 2. The van der Waals surface area contributed by atoms with Gasteiger partial charge in [0.15, 0.2) is 0 Å². The van der Waals surface area contributed by atoms with Gasteiger partial charge < -0.3 is 10.4 Å². The summed E-state index contributed by atoms with van der Waals surface area (Å²) in [4.78, 5) is 10.9. The van der Waals surface area contributed by atoms with Gasteiger partial charge >= 0.3 is 5.92 Å². The van der Waals surface area contributed by atoms with E-state index >= 15 is 0 Å². The summed E-state index contributed by atoms with van der Waals surface area (Å²) in [5.74, 6) is -5.14. The highest BCUT2D eigenvalue weighted by molar-refractivity contribution is 5.83. The molecule has 0 aliphatic heterocycles. The van der Waals surface area contributed by atoms with Crippen molar-refractivity contribution >= 4 is 5.91 Å². The minimum Gasteiger partial charge on any atom is -0.390 e. The Morgan fingerprint density at radius 2 is 1.94 bits per heavy atom. The normalized spacial score (nSPS) is 11.2. The first kappa shape index (κ1) is 12.6. The van der Waals surface area contributed by atoms with E-state index in [0.717, 1.165) is 5.56 Å². The predicted octanol–water partition coefficient (Wildman–Crippen LogP) is 0.973. The van der Waals surface area contributed by atoms with Crippen LogP contribution in [0.4, 0.5) is 8.78 Å². The van der Waals surface area contributed by atoms with Crippen molar-refractivity contribution in [1.29, 1.82) is 0 Å². The van der Waals surface area contributed by atoms with Gasteiger partial charge in [0, 0.05) is 6.54 Å². The molecule has 1 amide bonds. The van der Waals surface area contributed by atoms with Gasteiger partial charge in [-0.15, -0.1) is 0 Å². The predicted molar refractivity (Wildman–Crippen MR) is 55.2 cm³/mol. The van der Waals surface area contributed by atoms with Crippen molar-refractivity contribution in [2.75, 3.05) is 13.2 Å². The van der Waals surface area contributed by atoms with Crippen molar-refractivity contribution < 1.29 is 18.7 Å². The van der Waals surface area contributed by atoms with E-state index in [1.165, 1.54) is 0 Å². The zero-order chi connectivity index (χ0) is 12.0. The highest BCUT2D eigenvalue weighted by Crippen LogP contribution is 2.11. The van der Waals surface area contributed by atoms with E-state index in [-0.39, 0.29) is 6.54 Å². The SMILES string of the molecule is O=C(NCCc1ccccc1)C(F)(F)CO. The summed E-state index contributed by atoms with van der Waals surface area (Å²) < 4.78 is 25.2. The molecule has 16 heavy (non-hydrogen) atoms. The van der Waals surface area contributed by atoms with Crippen molar-refractivity contribution in [3.05, 3.63) is 35.9 Å². The van der Waals surface area contributed by atoms with Gasteiger partial charge in [0.2, 0.25) is 0 Å². The molecule has 0 aliphatic carbocycles. The summed E-state index contributed by atoms with van der Waals surface area (Å²) in [7, 11) is 0. The first-order valence-corrected chi connectivity index (χ1v) is 4.87. The van der Waals surface area contributed by atoms with Gasteiger partial charge in [-0.2, -0.15) is 8.78 Å². The largest absolute Gasteiger partial charge is 0.390 e. The molecule has 1 rings (SSSR count). The van der Waals surface area contributed by atoms with Crippen LogP contribution in [-0.4, -0.2) is 30.1 Å². The molecule has 0 atom stereocenters. The molecular formula is C11H13F2NO2. The van der Waals surface area contributed by atoms with Gasteiger partial charge in [0.05, 0.1) is 0 Å². The lowest BCUT2D eigenvalue weighted by molar-refractivity contribution is -0.150. The number of carbonyl (C=O) groups is 1. The van der Waals surface area contributed by atoms with E-state index in [1.54, 1.807) is 0 Å². The molecule has 0 unspecified atom stereocenters. The third-order valence-corrected chi connectivity index (χ3v) is 2.07. The lowest BCUT2D eigenvalue weighted by Crippen LogP contribution is -2.43. The number of rotatable bonds is 5. The number of carbonyl (C=O) groups excluding carboxylic acids is 1. The lowest BCUT2D eigenvalue weighted by atomic mass is 10.1. The Hall–Kier alpha value is -1.49. The van der Waals surface area contributed by atoms with Crippen LogP contribution in [-0.2, 0) is 11.2 Å². The number of halogens is 2. The molecule has 0 heterocycles. The zero-order valence-electron chi connectivity index (χ0n) is 8.62. The van der Waals surface area contributed by atoms with Gasteiger partial charge in [-0.25, -0.2) is 0 Å². The Bertz CT molecular complexity index is 341. The summed E-state index contributed by atoms with van der Waals surface area (Å²) in [6, 6.07) is 9.20. The van der Waals surface area contributed by atoms with Gasteiger partial charge in [-0.05, 0) is 12.0 Å². The second-order valence-electron chi connectivity index (χ2n) is 3.35. The maximum Gasteiger partial charge on any atom is 0.346 e. The van der Waals surface area contributed by atoms with Crippen LogP contribution in [0.5, 0.6) is 0 Å². The quantitative estimate of drug-likeness (QED) is 0.790. The average Bonchev–Trinajstić information content (AvgIpc) is 2.30. The summed E-state index contributed by atoms with van der Waals surface area (Å²) in [6.07, 6.45) is 0.480. The van der Waals surface area contributed by atoms with E-state index in [1.807, 2.05) is 30.3 Å². The number of hydrogen-bond acceptors (Lipinski definition) is 2. The fourth-order valence-corrected chi connectivity index (χ4v) is 1.17. The van der Waals surface area contributed by atoms with Crippen molar-refractivity contribution in [3.8, 4) is 0 Å². The topological polar surface area (TPSA) is 49.3 Å². The first-order valence-electron chi connectivity index (χ1n) is 4.87. The van der Waals surface area contributed by atoms with Crippen molar-refractivity contribution in [1.82, 2.24) is 5.32 Å². The van der Waals surface area contributed by atoms with Crippen LogP contribution in [0.1, 0.15) is 5.56 Å². The van der Waals surface area contributed by atoms with Crippen molar-refractivity contribution in [2.45, 2.75) is 12.3 Å². The van der Waals surface area contributed by atoms with Crippen molar-refractivity contribution in [3.63, 3.8) is 0 Å². The summed E-state index contributed by atoms with van der Waals surface area (Å²) in [5, 5.41) is 10.3. The van der Waals surface area contributed by atoms with Crippen LogP contribution >= 0.6 is 0 Å². The molecule has 2 N–H and O–H groups in total. The number of amides is 1. The average molecular weight is 229 g/mol. The Morgan fingerprint density at radius 1 is 1.31 bits per heavy atom. The molecule has 1 aromatic carbocycles. The molecule has 0 bridgehead atoms. The van der Waals surface area contributed by atoms with Gasteiger partial charge in [0.1, 0.15) is 6.61 Å². The summed E-state index contributed by atoms with van der Waals surface area (Å²) >= 11 is 0. The van der Waals surface area contributed by atoms with E-state index in [2.05, 4.69) is 5.32 Å². The number of nitrogens with one attached hydrogen (secondary N) is 1. The number of benzene rings is 1. The van der Waals surface area contributed by atoms with Crippen LogP contribution in [0.2, 0.25) is 0 Å². The van der Waals surface area contributed by atoms with Crippen LogP contribution in [0, 0.1) is 0 Å². The molecule has 0 spiro atoms. The number of alkyl halides is 2. The van der Waals surface area contributed by atoms with E-state index in [0.29, 0.717) is 6.42 Å². The third-order valence-electron chi connectivity index (χ3n) is 2.07. The van der Waals surface area contributed by atoms with Gasteiger partial charge in [-0.1, -0.05) is 30.3 Å². The number of aliphatic hydroxyl groups excluding tert-OH is 1. The molecule has 0 aliphatic rings. The molecular weight excluding hydrogens is 216 g/mol. The van der Waals surface area contributed by atoms with Crippen LogP contribution in [0.3, 0.4) is 0 Å². The van der Waals surface area contributed by atoms with Crippen LogP contribution < -0.4 is 5.32 Å². The van der Waals surface area contributed by atoms with Crippen LogP contribution in [0.15, 0.2) is 30.3 Å². The molecule has 88 valence electrons. The number of aliphatic hydroxyl groups is 1. The Morgan fingerprint density at radius 3 is 2.50 bits per heavy atom. The summed E-state index contributed by atoms with van der Waals surface area (Å²) in [6.45, 7) is -1.34. The van der Waals surface area contributed by atoms with Gasteiger partial charge in [-0.3, -0.25) is 4.79 Å². The molecule has 5 heteroatoms. The van der Waals surface area contributed by atoms with E-state index in [4.69, 9.17) is 5.11 Å². The highest BCUT2D eigenvalue weighted by atomic mass is 19.3. The molecule has 0 radical (unpaired) electrons. The third kappa shape index (κ3) is 3.58. The molecule has 0 fully saturated rings. The minimum atomic E-state index is -3.70. The lowest BCUT2D eigenvalue weighted by Gasteiger charge is -2.12. The summed E-state index contributed by atoms with van der Waals surface area (Å²) in [5.41, 5.74) is 0.954. The fourth-order valence-electron chi connectivity index (χ4n) is 1.17. The maximum atomic E-state index is 12.6. The zero-order valence-corrected chi connectivity index (χ0v) is 8.62. The Labute approximate surface area is 92.1 Å². The Balaban J connectivity index is 2.34. The van der Waals surface area contributed by atoms with Gasteiger partial charge in [0.25, 0.3) is 5.91 Å². The highest BCUT2D eigenvalue weighted by Gasteiger charge is 2.37. The minimum absolute atomic E-state index is 0.123. The molecule has 3 nitrogen and oxygen atoms in total. The van der Waals surface area contributed by atoms with E-state index in [9.17, 15) is 13.6 Å². The smallest absolute Gasteiger partial charge is 0.346 e. The fraction of sp³-hybridized carbons (Fsp3) is 0.364. The van der Waals surface area contributed by atoms with Crippen LogP contribution in [0.25, 0.3) is 0 Å². The molecule has 1 aromatic rings. The first-order chi connectivity index (χ1) is 7.56.